The average Bonchev–Trinajstić information content (AvgIpc) is 3.04. The molecule has 2 aromatic rings. The minimum Gasteiger partial charge on any atom is -0.469 e. The number of aromatic amines is 1. The van der Waals surface area contributed by atoms with Crippen LogP contribution in [-0.2, 0) is 25.5 Å². The zero-order valence-electron chi connectivity index (χ0n) is 14.1. The Hall–Kier alpha value is -2.83. The van der Waals surface area contributed by atoms with Gasteiger partial charge in [0.25, 0.3) is 0 Å². The van der Waals surface area contributed by atoms with Crippen LogP contribution in [0.3, 0.4) is 0 Å². The van der Waals surface area contributed by atoms with Gasteiger partial charge in [-0.3, -0.25) is 14.4 Å². The van der Waals surface area contributed by atoms with Crippen LogP contribution in [0, 0.1) is 0 Å². The van der Waals surface area contributed by atoms with Gasteiger partial charge < -0.3 is 19.9 Å². The Kier molecular flexibility index (Phi) is 5.02. The van der Waals surface area contributed by atoms with Crippen molar-refractivity contribution < 1.29 is 19.1 Å². The molecule has 7 heteroatoms. The van der Waals surface area contributed by atoms with Crippen molar-refractivity contribution in [2.75, 3.05) is 20.2 Å². The summed E-state index contributed by atoms with van der Waals surface area (Å²) in [6, 6.07) is 7.12. The van der Waals surface area contributed by atoms with E-state index in [2.05, 4.69) is 15.0 Å². The number of ether oxygens (including phenoxy) is 1. The number of aromatic nitrogens is 1. The van der Waals surface area contributed by atoms with Crippen molar-refractivity contribution in [3.63, 3.8) is 0 Å². The maximum atomic E-state index is 12.6. The van der Waals surface area contributed by atoms with Crippen LogP contribution in [-0.4, -0.2) is 53.9 Å². The van der Waals surface area contributed by atoms with E-state index in [1.165, 1.54) is 12.0 Å². The second-order valence-corrected chi connectivity index (χ2v) is 6.03. The summed E-state index contributed by atoms with van der Waals surface area (Å²) in [6.07, 6.45) is 2.65. The molecule has 3 rings (SSSR count). The van der Waals surface area contributed by atoms with Crippen molar-refractivity contribution in [3.8, 4) is 0 Å². The highest BCUT2D eigenvalue weighted by Gasteiger charge is 2.34. The first-order valence-corrected chi connectivity index (χ1v) is 8.29. The summed E-state index contributed by atoms with van der Waals surface area (Å²) in [4.78, 5) is 40.9. The van der Waals surface area contributed by atoms with Crippen molar-refractivity contribution in [3.05, 3.63) is 36.0 Å². The molecule has 2 N–H and O–H groups in total. The number of fused-ring (bicyclic) bond motifs is 1. The van der Waals surface area contributed by atoms with Gasteiger partial charge in [-0.05, 0) is 18.1 Å². The number of piperazine rings is 1. The first-order valence-electron chi connectivity index (χ1n) is 8.29. The molecule has 1 fully saturated rings. The van der Waals surface area contributed by atoms with Gasteiger partial charge in [-0.2, -0.15) is 0 Å². The molecular formula is C18H21N3O4. The lowest BCUT2D eigenvalue weighted by Crippen LogP contribution is -2.57. The number of aryl methyl sites for hydroxylation is 1. The highest BCUT2D eigenvalue weighted by Crippen LogP contribution is 2.20. The molecule has 1 aliphatic heterocycles. The molecule has 7 nitrogen and oxygen atoms in total. The van der Waals surface area contributed by atoms with Crippen LogP contribution in [0.25, 0.3) is 10.9 Å². The van der Waals surface area contributed by atoms with Gasteiger partial charge in [0.2, 0.25) is 11.8 Å². The number of nitrogens with one attached hydrogen (secondary N) is 2. The first-order chi connectivity index (χ1) is 12.1. The van der Waals surface area contributed by atoms with E-state index in [4.69, 9.17) is 0 Å². The first kappa shape index (κ1) is 17.0. The molecule has 0 unspecified atom stereocenters. The molecule has 1 aromatic heterocycles. The average molecular weight is 343 g/mol. The summed E-state index contributed by atoms with van der Waals surface area (Å²) >= 11 is 0. The number of H-pyrrole nitrogens is 1. The molecule has 0 bridgehead atoms. The zero-order chi connectivity index (χ0) is 17.8. The number of para-hydroxylation sites is 1. The predicted molar refractivity (Wildman–Crippen MR) is 91.8 cm³/mol. The number of rotatable bonds is 5. The fourth-order valence-electron chi connectivity index (χ4n) is 3.18. The Bertz CT molecular complexity index is 798. The third-order valence-corrected chi connectivity index (χ3v) is 4.52. The fourth-order valence-corrected chi connectivity index (χ4v) is 3.18. The Morgan fingerprint density at radius 1 is 1.32 bits per heavy atom. The Balaban J connectivity index is 1.68. The van der Waals surface area contributed by atoms with E-state index in [1.807, 2.05) is 30.5 Å². The molecule has 2 heterocycles. The topological polar surface area (TPSA) is 91.5 Å². The van der Waals surface area contributed by atoms with Gasteiger partial charge in [0.15, 0.2) is 0 Å². The van der Waals surface area contributed by atoms with Crippen molar-refractivity contribution in [2.24, 2.45) is 0 Å². The molecule has 1 saturated heterocycles. The maximum Gasteiger partial charge on any atom is 0.308 e. The van der Waals surface area contributed by atoms with Crippen LogP contribution in [0.4, 0.5) is 0 Å². The maximum absolute atomic E-state index is 12.6. The molecule has 0 aliphatic carbocycles. The molecule has 1 atom stereocenters. The molecular weight excluding hydrogens is 322 g/mol. The molecule has 132 valence electrons. The van der Waals surface area contributed by atoms with Crippen molar-refractivity contribution in [1.29, 1.82) is 0 Å². The lowest BCUT2D eigenvalue weighted by Gasteiger charge is -2.34. The van der Waals surface area contributed by atoms with E-state index in [1.54, 1.807) is 0 Å². The second-order valence-electron chi connectivity index (χ2n) is 6.03. The van der Waals surface area contributed by atoms with Gasteiger partial charge in [-0.1, -0.05) is 18.2 Å². The van der Waals surface area contributed by atoms with Crippen molar-refractivity contribution in [1.82, 2.24) is 15.2 Å². The summed E-state index contributed by atoms with van der Waals surface area (Å²) in [5.74, 6) is -0.942. The molecule has 1 aliphatic rings. The number of nitrogens with zero attached hydrogens (tertiary/aromatic N) is 1. The lowest BCUT2D eigenvalue weighted by molar-refractivity contribution is -0.150. The van der Waals surface area contributed by atoms with Gasteiger partial charge in [-0.15, -0.1) is 0 Å². The van der Waals surface area contributed by atoms with Gasteiger partial charge in [0.05, 0.1) is 13.5 Å². The van der Waals surface area contributed by atoms with Gasteiger partial charge in [0.1, 0.15) is 6.04 Å². The fraction of sp³-hybridized carbons (Fsp3) is 0.389. The molecule has 0 spiro atoms. The van der Waals surface area contributed by atoms with Crippen molar-refractivity contribution in [2.45, 2.75) is 25.3 Å². The number of carbonyl (C=O) groups is 3. The smallest absolute Gasteiger partial charge is 0.308 e. The van der Waals surface area contributed by atoms with Gasteiger partial charge >= 0.3 is 5.97 Å². The minimum atomic E-state index is -0.795. The van der Waals surface area contributed by atoms with E-state index >= 15 is 0 Å². The number of amides is 2. The Morgan fingerprint density at radius 2 is 2.12 bits per heavy atom. The second kappa shape index (κ2) is 7.38. The van der Waals surface area contributed by atoms with E-state index in [-0.39, 0.29) is 24.7 Å². The highest BCUT2D eigenvalue weighted by atomic mass is 16.5. The van der Waals surface area contributed by atoms with Gasteiger partial charge in [0, 0.05) is 36.6 Å². The highest BCUT2D eigenvalue weighted by molar-refractivity contribution is 5.92. The molecule has 0 radical (unpaired) electrons. The quantitative estimate of drug-likeness (QED) is 0.792. The largest absolute Gasteiger partial charge is 0.469 e. The summed E-state index contributed by atoms with van der Waals surface area (Å²) in [6.45, 7) is 0.801. The molecule has 2 amide bonds. The lowest BCUT2D eigenvalue weighted by atomic mass is 10.1. The van der Waals surface area contributed by atoms with Crippen molar-refractivity contribution >= 4 is 28.7 Å². The Labute approximate surface area is 145 Å². The zero-order valence-corrected chi connectivity index (χ0v) is 14.1. The third kappa shape index (κ3) is 3.65. The van der Waals surface area contributed by atoms with E-state index in [0.717, 1.165) is 16.5 Å². The van der Waals surface area contributed by atoms with Crippen LogP contribution in [0.15, 0.2) is 30.5 Å². The SMILES string of the molecule is COC(=O)C[C@H]1C(=O)NCCN1C(=O)CCc1c[nH]c2ccccc12. The Morgan fingerprint density at radius 3 is 2.92 bits per heavy atom. The summed E-state index contributed by atoms with van der Waals surface area (Å²) < 4.78 is 4.64. The number of carbonyl (C=O) groups excluding carboxylic acids is 3. The van der Waals surface area contributed by atoms with Gasteiger partial charge in [-0.25, -0.2) is 0 Å². The number of hydrogen-bond donors (Lipinski definition) is 2. The van der Waals surface area contributed by atoms with E-state index in [0.29, 0.717) is 19.5 Å². The molecule has 1 aromatic carbocycles. The normalized spacial score (nSPS) is 17.4. The number of methoxy groups -OCH3 is 1. The molecule has 0 saturated carbocycles. The third-order valence-electron chi connectivity index (χ3n) is 4.52. The van der Waals surface area contributed by atoms with Crippen LogP contribution >= 0.6 is 0 Å². The summed E-state index contributed by atoms with van der Waals surface area (Å²) in [7, 11) is 1.27. The predicted octanol–water partition coefficient (Wildman–Crippen LogP) is 0.991. The van der Waals surface area contributed by atoms with E-state index in [9.17, 15) is 14.4 Å². The van der Waals surface area contributed by atoms with Crippen LogP contribution in [0.2, 0.25) is 0 Å². The van der Waals surface area contributed by atoms with E-state index < -0.39 is 12.0 Å². The molecule has 25 heavy (non-hydrogen) atoms. The minimum absolute atomic E-state index is 0.124. The number of benzene rings is 1. The van der Waals surface area contributed by atoms with Crippen LogP contribution in [0.5, 0.6) is 0 Å². The summed E-state index contributed by atoms with van der Waals surface area (Å²) in [5.41, 5.74) is 2.10. The van der Waals surface area contributed by atoms with Crippen LogP contribution in [0.1, 0.15) is 18.4 Å². The van der Waals surface area contributed by atoms with Crippen LogP contribution < -0.4 is 5.32 Å². The summed E-state index contributed by atoms with van der Waals surface area (Å²) in [5, 5.41) is 3.79. The monoisotopic (exact) mass is 343 g/mol. The number of esters is 1. The standard InChI is InChI=1S/C18H21N3O4/c1-25-17(23)10-15-18(24)19-8-9-21(15)16(22)7-6-12-11-20-14-5-3-2-4-13(12)14/h2-5,11,15,20H,6-10H2,1H3,(H,19,24)/t15-/m0/s1. The number of hydrogen-bond acceptors (Lipinski definition) is 4.